The Kier molecular flexibility index (Phi) is 6.57. The van der Waals surface area contributed by atoms with Crippen molar-refractivity contribution in [2.75, 3.05) is 39.3 Å². The van der Waals surface area contributed by atoms with Crippen LogP contribution in [-0.2, 0) is 6.54 Å². The van der Waals surface area contributed by atoms with Crippen molar-refractivity contribution >= 4 is 16.8 Å². The van der Waals surface area contributed by atoms with E-state index < -0.39 is 0 Å². The van der Waals surface area contributed by atoms with Crippen molar-refractivity contribution in [3.63, 3.8) is 0 Å². The lowest BCUT2D eigenvalue weighted by Crippen LogP contribution is -2.46. The van der Waals surface area contributed by atoms with Gasteiger partial charge >= 0.3 is 0 Å². The van der Waals surface area contributed by atoms with Crippen LogP contribution in [0.1, 0.15) is 22.3 Å². The first-order chi connectivity index (χ1) is 14.7. The molecule has 1 amide bonds. The molecule has 0 saturated carbocycles. The summed E-state index contributed by atoms with van der Waals surface area (Å²) in [7, 11) is 0. The average Bonchev–Trinajstić information content (AvgIpc) is 2.79. The molecule has 0 spiro atoms. The van der Waals surface area contributed by atoms with Gasteiger partial charge in [0.2, 0.25) is 5.43 Å². The van der Waals surface area contributed by atoms with Crippen molar-refractivity contribution in [1.29, 1.82) is 0 Å². The summed E-state index contributed by atoms with van der Waals surface area (Å²) in [5.74, 6) is -0.310. The first-order valence-electron chi connectivity index (χ1n) is 10.6. The molecule has 1 aliphatic heterocycles. The van der Waals surface area contributed by atoms with Crippen LogP contribution in [0.2, 0.25) is 0 Å². The molecule has 2 N–H and O–H groups in total. The predicted molar refractivity (Wildman–Crippen MR) is 120 cm³/mol. The summed E-state index contributed by atoms with van der Waals surface area (Å²) in [5.41, 5.74) is 2.04. The predicted octanol–water partition coefficient (Wildman–Crippen LogP) is 2.47. The second-order valence-corrected chi connectivity index (χ2v) is 7.79. The number of carbonyl (C=O) groups is 1. The number of carbonyl (C=O) groups excluding carboxylic acids is 1. The van der Waals surface area contributed by atoms with Gasteiger partial charge in [-0.05, 0) is 30.7 Å². The van der Waals surface area contributed by atoms with Crippen LogP contribution in [0.25, 0.3) is 10.9 Å². The zero-order chi connectivity index (χ0) is 20.8. The normalized spacial score (nSPS) is 15.3. The molecule has 0 aliphatic carbocycles. The van der Waals surface area contributed by atoms with Crippen molar-refractivity contribution in [3.05, 3.63) is 82.1 Å². The monoisotopic (exact) mass is 404 g/mol. The number of nitrogens with zero attached hydrogens (tertiary/aromatic N) is 2. The third-order valence-corrected chi connectivity index (χ3v) is 5.68. The van der Waals surface area contributed by atoms with Gasteiger partial charge in [0.15, 0.2) is 0 Å². The molecule has 3 aromatic rings. The molecule has 1 saturated heterocycles. The van der Waals surface area contributed by atoms with Gasteiger partial charge in [0.25, 0.3) is 5.91 Å². The first kappa shape index (κ1) is 20.3. The second kappa shape index (κ2) is 9.69. The van der Waals surface area contributed by atoms with Crippen molar-refractivity contribution in [3.8, 4) is 0 Å². The van der Waals surface area contributed by atoms with Crippen molar-refractivity contribution < 1.29 is 4.79 Å². The fourth-order valence-electron chi connectivity index (χ4n) is 3.95. The second-order valence-electron chi connectivity index (χ2n) is 7.79. The summed E-state index contributed by atoms with van der Waals surface area (Å²) in [5, 5.41) is 3.43. The molecule has 0 unspecified atom stereocenters. The van der Waals surface area contributed by atoms with Crippen LogP contribution < -0.4 is 10.7 Å². The third kappa shape index (κ3) is 4.96. The summed E-state index contributed by atoms with van der Waals surface area (Å²) < 4.78 is 0. The number of para-hydroxylation sites is 1. The van der Waals surface area contributed by atoms with Crippen molar-refractivity contribution in [2.24, 2.45) is 0 Å². The summed E-state index contributed by atoms with van der Waals surface area (Å²) in [6.07, 6.45) is 2.38. The van der Waals surface area contributed by atoms with E-state index in [2.05, 4.69) is 50.4 Å². The number of pyridine rings is 1. The Labute approximate surface area is 176 Å². The molecule has 1 aromatic heterocycles. The highest BCUT2D eigenvalue weighted by Gasteiger charge is 2.17. The van der Waals surface area contributed by atoms with Gasteiger partial charge in [-0.1, -0.05) is 42.5 Å². The van der Waals surface area contributed by atoms with Crippen LogP contribution >= 0.6 is 0 Å². The first-order valence-corrected chi connectivity index (χ1v) is 10.6. The summed E-state index contributed by atoms with van der Waals surface area (Å²) >= 11 is 0. The van der Waals surface area contributed by atoms with Crippen molar-refractivity contribution in [1.82, 2.24) is 20.1 Å². The highest BCUT2D eigenvalue weighted by atomic mass is 16.2. The number of rotatable bonds is 7. The average molecular weight is 405 g/mol. The quantitative estimate of drug-likeness (QED) is 0.594. The number of hydrogen-bond donors (Lipinski definition) is 2. The van der Waals surface area contributed by atoms with Gasteiger partial charge in [-0.2, -0.15) is 0 Å². The molecule has 6 heteroatoms. The number of H-pyrrole nitrogens is 1. The number of aromatic nitrogens is 1. The molecule has 0 bridgehead atoms. The zero-order valence-electron chi connectivity index (χ0n) is 17.1. The SMILES string of the molecule is O=C(NCCCN1CCN(Cc2ccccc2)CC1)c1c[nH]c2ccccc2c1=O. The Bertz CT molecular complexity index is 1040. The number of nitrogens with one attached hydrogen (secondary N) is 2. The van der Waals surface area contributed by atoms with E-state index in [0.29, 0.717) is 11.9 Å². The van der Waals surface area contributed by atoms with E-state index in [9.17, 15) is 9.59 Å². The van der Waals surface area contributed by atoms with Gasteiger partial charge < -0.3 is 15.2 Å². The number of aromatic amines is 1. The molecular formula is C24H28N4O2. The lowest BCUT2D eigenvalue weighted by atomic mass is 10.1. The number of benzene rings is 2. The van der Waals surface area contributed by atoms with Crippen molar-refractivity contribution in [2.45, 2.75) is 13.0 Å². The summed E-state index contributed by atoms with van der Waals surface area (Å²) in [4.78, 5) is 32.9. The Morgan fingerprint density at radius 1 is 0.933 bits per heavy atom. The molecule has 1 fully saturated rings. The molecule has 0 radical (unpaired) electrons. The summed E-state index contributed by atoms with van der Waals surface area (Å²) in [6, 6.07) is 17.8. The largest absolute Gasteiger partial charge is 0.360 e. The van der Waals surface area contributed by atoms with Crippen LogP contribution in [0.4, 0.5) is 0 Å². The molecular weight excluding hydrogens is 376 g/mol. The molecule has 156 valence electrons. The molecule has 4 rings (SSSR count). The number of piperazine rings is 1. The molecule has 1 aliphatic rings. The molecule has 2 heterocycles. The highest BCUT2D eigenvalue weighted by Crippen LogP contribution is 2.09. The molecule has 30 heavy (non-hydrogen) atoms. The minimum Gasteiger partial charge on any atom is -0.360 e. The summed E-state index contributed by atoms with van der Waals surface area (Å²) in [6.45, 7) is 6.74. The Hall–Kier alpha value is -2.96. The minimum atomic E-state index is -0.310. The maximum absolute atomic E-state index is 12.5. The lowest BCUT2D eigenvalue weighted by molar-refractivity contribution is 0.0946. The van der Waals surface area contributed by atoms with Crippen LogP contribution in [-0.4, -0.2) is 60.0 Å². The Balaban J connectivity index is 1.19. The van der Waals surface area contributed by atoms with Gasteiger partial charge in [-0.3, -0.25) is 14.5 Å². The van der Waals surface area contributed by atoms with Gasteiger partial charge in [-0.25, -0.2) is 0 Å². The van der Waals surface area contributed by atoms with Gasteiger partial charge in [-0.15, -0.1) is 0 Å². The van der Waals surface area contributed by atoms with Crippen LogP contribution in [0.5, 0.6) is 0 Å². The van der Waals surface area contributed by atoms with E-state index in [1.165, 1.54) is 11.8 Å². The van der Waals surface area contributed by atoms with E-state index in [1.54, 1.807) is 12.1 Å². The van der Waals surface area contributed by atoms with E-state index >= 15 is 0 Å². The molecule has 6 nitrogen and oxygen atoms in total. The minimum absolute atomic E-state index is 0.170. The number of amides is 1. The number of hydrogen-bond acceptors (Lipinski definition) is 4. The zero-order valence-corrected chi connectivity index (χ0v) is 17.1. The van der Waals surface area contributed by atoms with Crippen LogP contribution in [0, 0.1) is 0 Å². The van der Waals surface area contributed by atoms with Gasteiger partial charge in [0.1, 0.15) is 5.56 Å². The fourth-order valence-corrected chi connectivity index (χ4v) is 3.95. The van der Waals surface area contributed by atoms with E-state index in [1.807, 2.05) is 12.1 Å². The third-order valence-electron chi connectivity index (χ3n) is 5.68. The maximum atomic E-state index is 12.5. The Morgan fingerprint density at radius 3 is 2.43 bits per heavy atom. The molecule has 0 atom stereocenters. The van der Waals surface area contributed by atoms with Gasteiger partial charge in [0.05, 0.1) is 0 Å². The highest BCUT2D eigenvalue weighted by molar-refractivity contribution is 5.97. The van der Waals surface area contributed by atoms with Crippen LogP contribution in [0.3, 0.4) is 0 Å². The van der Waals surface area contributed by atoms with Crippen LogP contribution in [0.15, 0.2) is 65.6 Å². The van der Waals surface area contributed by atoms with E-state index in [4.69, 9.17) is 0 Å². The molecule has 2 aromatic carbocycles. The smallest absolute Gasteiger partial charge is 0.256 e. The Morgan fingerprint density at radius 2 is 1.63 bits per heavy atom. The maximum Gasteiger partial charge on any atom is 0.256 e. The fraction of sp³-hybridized carbons (Fsp3) is 0.333. The van der Waals surface area contributed by atoms with E-state index in [0.717, 1.165) is 51.2 Å². The number of fused-ring (bicyclic) bond motifs is 1. The van der Waals surface area contributed by atoms with E-state index in [-0.39, 0.29) is 16.9 Å². The van der Waals surface area contributed by atoms with Gasteiger partial charge in [0, 0.05) is 56.4 Å². The lowest BCUT2D eigenvalue weighted by Gasteiger charge is -2.34. The topological polar surface area (TPSA) is 68.4 Å². The standard InChI is InChI=1S/C24H28N4O2/c29-23-20-9-4-5-10-22(20)26-17-21(23)24(30)25-11-6-12-27-13-15-28(16-14-27)18-19-7-2-1-3-8-19/h1-5,7-10,17H,6,11-16,18H2,(H,25,30)(H,26,29).